The summed E-state index contributed by atoms with van der Waals surface area (Å²) in [5, 5.41) is 12.5. The molecular weight excluding hydrogens is 192 g/mol. The number of oxime groups is 1. The summed E-state index contributed by atoms with van der Waals surface area (Å²) in [7, 11) is 1.62. The van der Waals surface area contributed by atoms with E-state index in [1.807, 2.05) is 30.3 Å². The van der Waals surface area contributed by atoms with E-state index in [0.717, 1.165) is 17.0 Å². The normalized spacial score (nSPS) is 18.9. The summed E-state index contributed by atoms with van der Waals surface area (Å²) in [6.45, 7) is 0. The van der Waals surface area contributed by atoms with Crippen LogP contribution in [0, 0.1) is 11.3 Å². The largest absolute Gasteiger partial charge is 0.497 e. The summed E-state index contributed by atoms with van der Waals surface area (Å²) in [6, 6.07) is 9.57. The van der Waals surface area contributed by atoms with E-state index in [0.29, 0.717) is 6.42 Å². The molecular formula is C11H10N2O2. The highest BCUT2D eigenvalue weighted by Gasteiger charge is 2.21. The number of nitriles is 1. The molecule has 0 N–H and O–H groups in total. The lowest BCUT2D eigenvalue weighted by atomic mass is 10.1. The predicted molar refractivity (Wildman–Crippen MR) is 54.6 cm³/mol. The Labute approximate surface area is 87.7 Å². The van der Waals surface area contributed by atoms with Crippen molar-refractivity contribution in [3.63, 3.8) is 0 Å². The number of methoxy groups -OCH3 is 1. The second kappa shape index (κ2) is 4.01. The Hall–Kier alpha value is -2.02. The van der Waals surface area contributed by atoms with Gasteiger partial charge in [0.25, 0.3) is 0 Å². The van der Waals surface area contributed by atoms with Crippen molar-refractivity contribution in [3.05, 3.63) is 29.8 Å². The Balaban J connectivity index is 2.21. The maximum atomic E-state index is 8.66. The molecule has 0 fully saturated rings. The number of ether oxygens (including phenoxy) is 1. The molecule has 1 aromatic carbocycles. The summed E-state index contributed by atoms with van der Waals surface area (Å²) >= 11 is 0. The second-order valence-electron chi connectivity index (χ2n) is 3.20. The lowest BCUT2D eigenvalue weighted by molar-refractivity contribution is 0.125. The van der Waals surface area contributed by atoms with Crippen molar-refractivity contribution >= 4 is 5.71 Å². The van der Waals surface area contributed by atoms with Gasteiger partial charge in [-0.15, -0.1) is 0 Å². The van der Waals surface area contributed by atoms with Crippen LogP contribution in [0.15, 0.2) is 29.4 Å². The van der Waals surface area contributed by atoms with Crippen LogP contribution in [0.2, 0.25) is 0 Å². The van der Waals surface area contributed by atoms with Gasteiger partial charge >= 0.3 is 0 Å². The minimum absolute atomic E-state index is 0.453. The molecule has 1 aliphatic rings. The van der Waals surface area contributed by atoms with Crippen molar-refractivity contribution in [2.75, 3.05) is 7.11 Å². The standard InChI is InChI=1S/C11H10N2O2/c1-14-9-4-2-3-8(5-9)11-6-10(7-12)15-13-11/h2-5,10H,6H2,1H3/t10-/m0/s1. The highest BCUT2D eigenvalue weighted by Crippen LogP contribution is 2.19. The highest BCUT2D eigenvalue weighted by molar-refractivity contribution is 6.01. The van der Waals surface area contributed by atoms with Crippen LogP contribution in [-0.4, -0.2) is 18.9 Å². The monoisotopic (exact) mass is 202 g/mol. The van der Waals surface area contributed by atoms with Gasteiger partial charge in [0.15, 0.2) is 0 Å². The topological polar surface area (TPSA) is 54.6 Å². The second-order valence-corrected chi connectivity index (χ2v) is 3.20. The first-order valence-electron chi connectivity index (χ1n) is 4.60. The Morgan fingerprint density at radius 3 is 3.13 bits per heavy atom. The van der Waals surface area contributed by atoms with E-state index < -0.39 is 6.10 Å². The third-order valence-electron chi connectivity index (χ3n) is 2.22. The summed E-state index contributed by atoms with van der Waals surface area (Å²) in [6.07, 6.45) is 0.0788. The van der Waals surface area contributed by atoms with Crippen LogP contribution in [0.3, 0.4) is 0 Å². The molecule has 1 atom stereocenters. The molecule has 76 valence electrons. The Morgan fingerprint density at radius 2 is 2.47 bits per heavy atom. The van der Waals surface area contributed by atoms with Gasteiger partial charge in [-0.2, -0.15) is 5.26 Å². The van der Waals surface area contributed by atoms with Gasteiger partial charge in [0, 0.05) is 12.0 Å². The summed E-state index contributed by atoms with van der Waals surface area (Å²) in [4.78, 5) is 4.93. The van der Waals surface area contributed by atoms with Crippen LogP contribution in [0.1, 0.15) is 12.0 Å². The van der Waals surface area contributed by atoms with E-state index in [1.54, 1.807) is 7.11 Å². The number of benzene rings is 1. The van der Waals surface area contributed by atoms with Crippen LogP contribution >= 0.6 is 0 Å². The first-order valence-corrected chi connectivity index (χ1v) is 4.60. The molecule has 0 saturated carbocycles. The lowest BCUT2D eigenvalue weighted by Gasteiger charge is -2.02. The van der Waals surface area contributed by atoms with Gasteiger partial charge < -0.3 is 9.57 Å². The van der Waals surface area contributed by atoms with Gasteiger partial charge in [0.05, 0.1) is 12.8 Å². The highest BCUT2D eigenvalue weighted by atomic mass is 16.6. The van der Waals surface area contributed by atoms with E-state index in [1.165, 1.54) is 0 Å². The third-order valence-corrected chi connectivity index (χ3v) is 2.22. The fourth-order valence-corrected chi connectivity index (χ4v) is 1.42. The van der Waals surface area contributed by atoms with E-state index in [-0.39, 0.29) is 0 Å². The SMILES string of the molecule is COc1cccc(C2=NO[C@H](C#N)C2)c1. The fourth-order valence-electron chi connectivity index (χ4n) is 1.42. The summed E-state index contributed by atoms with van der Waals surface area (Å²) < 4.78 is 5.11. The molecule has 1 aliphatic heterocycles. The first-order chi connectivity index (χ1) is 7.33. The van der Waals surface area contributed by atoms with Crippen LogP contribution in [0.5, 0.6) is 5.75 Å². The predicted octanol–water partition coefficient (Wildman–Crippen LogP) is 1.71. The molecule has 0 radical (unpaired) electrons. The molecule has 0 unspecified atom stereocenters. The molecule has 0 spiro atoms. The van der Waals surface area contributed by atoms with Crippen molar-refractivity contribution < 1.29 is 9.57 Å². The molecule has 1 heterocycles. The molecule has 0 saturated heterocycles. The summed E-state index contributed by atoms with van der Waals surface area (Å²) in [5.41, 5.74) is 1.73. The van der Waals surface area contributed by atoms with Gasteiger partial charge in [-0.1, -0.05) is 17.3 Å². The first kappa shape index (κ1) is 9.53. The smallest absolute Gasteiger partial charge is 0.218 e. The molecule has 0 aromatic heterocycles. The van der Waals surface area contributed by atoms with Crippen molar-refractivity contribution in [2.24, 2.45) is 5.16 Å². The molecule has 0 bridgehead atoms. The van der Waals surface area contributed by atoms with Crippen LogP contribution in [0.25, 0.3) is 0 Å². The van der Waals surface area contributed by atoms with Gasteiger partial charge in [-0.05, 0) is 12.1 Å². The molecule has 0 amide bonds. The lowest BCUT2D eigenvalue weighted by Crippen LogP contribution is -2.05. The Morgan fingerprint density at radius 1 is 1.60 bits per heavy atom. The average Bonchev–Trinajstić information content (AvgIpc) is 2.78. The van der Waals surface area contributed by atoms with Crippen molar-refractivity contribution in [1.29, 1.82) is 5.26 Å². The zero-order valence-corrected chi connectivity index (χ0v) is 8.30. The van der Waals surface area contributed by atoms with Crippen LogP contribution in [0.4, 0.5) is 0 Å². The molecule has 15 heavy (non-hydrogen) atoms. The molecule has 0 aliphatic carbocycles. The maximum Gasteiger partial charge on any atom is 0.218 e. The molecule has 2 rings (SSSR count). The molecule has 4 nitrogen and oxygen atoms in total. The number of hydrogen-bond donors (Lipinski definition) is 0. The average molecular weight is 202 g/mol. The van der Waals surface area contributed by atoms with Gasteiger partial charge in [0.1, 0.15) is 11.8 Å². The molecule has 1 aromatic rings. The van der Waals surface area contributed by atoms with E-state index in [9.17, 15) is 0 Å². The van der Waals surface area contributed by atoms with Crippen molar-refractivity contribution in [3.8, 4) is 11.8 Å². The Bertz CT molecular complexity index is 434. The maximum absolute atomic E-state index is 8.66. The Kier molecular flexibility index (Phi) is 2.55. The minimum atomic E-state index is -0.453. The van der Waals surface area contributed by atoms with Crippen molar-refractivity contribution in [2.45, 2.75) is 12.5 Å². The number of nitrogens with zero attached hydrogens (tertiary/aromatic N) is 2. The number of rotatable bonds is 2. The van der Waals surface area contributed by atoms with E-state index in [4.69, 9.17) is 14.8 Å². The van der Waals surface area contributed by atoms with Gasteiger partial charge in [0.2, 0.25) is 6.10 Å². The zero-order chi connectivity index (χ0) is 10.7. The minimum Gasteiger partial charge on any atom is -0.497 e. The fraction of sp³-hybridized carbons (Fsp3) is 0.273. The van der Waals surface area contributed by atoms with E-state index in [2.05, 4.69) is 5.16 Å². The van der Waals surface area contributed by atoms with Crippen molar-refractivity contribution in [1.82, 2.24) is 0 Å². The molecule has 4 heteroatoms. The third kappa shape index (κ3) is 1.91. The van der Waals surface area contributed by atoms with Gasteiger partial charge in [-0.3, -0.25) is 0 Å². The number of hydrogen-bond acceptors (Lipinski definition) is 4. The van der Waals surface area contributed by atoms with Crippen LogP contribution < -0.4 is 4.74 Å². The van der Waals surface area contributed by atoms with E-state index >= 15 is 0 Å². The van der Waals surface area contributed by atoms with Gasteiger partial charge in [-0.25, -0.2) is 0 Å². The van der Waals surface area contributed by atoms with Crippen LogP contribution in [-0.2, 0) is 4.84 Å². The summed E-state index contributed by atoms with van der Waals surface area (Å²) in [5.74, 6) is 0.774. The zero-order valence-electron chi connectivity index (χ0n) is 8.30. The quantitative estimate of drug-likeness (QED) is 0.733.